The monoisotopic (exact) mass is 195 g/mol. The van der Waals surface area contributed by atoms with E-state index >= 15 is 0 Å². The van der Waals surface area contributed by atoms with Crippen LogP contribution in [0.2, 0.25) is 0 Å². The normalized spacial score (nSPS) is 17.8. The second-order valence-electron chi connectivity index (χ2n) is 3.81. The maximum atomic E-state index is 5.44. The molecule has 1 aromatic rings. The van der Waals surface area contributed by atoms with Crippen LogP contribution in [0.15, 0.2) is 10.6 Å². The van der Waals surface area contributed by atoms with Crippen molar-refractivity contribution in [2.24, 2.45) is 5.73 Å². The molecule has 0 saturated carbocycles. The lowest BCUT2D eigenvalue weighted by Crippen LogP contribution is -2.18. The molecule has 0 spiro atoms. The number of rotatable bonds is 4. The molecule has 0 bridgehead atoms. The highest BCUT2D eigenvalue weighted by molar-refractivity contribution is 5.05. The van der Waals surface area contributed by atoms with Gasteiger partial charge in [0.2, 0.25) is 0 Å². The Morgan fingerprint density at radius 3 is 2.93 bits per heavy atom. The first-order valence-electron chi connectivity index (χ1n) is 5.25. The standard InChI is InChI=1S/C10H17N3O/c11-4-3-10-7-9(12-14-10)8-13-5-1-2-6-13/h7H,1-6,8,11H2. The number of hydrogen-bond donors (Lipinski definition) is 1. The van der Waals surface area contributed by atoms with Crippen molar-refractivity contribution >= 4 is 0 Å². The Balaban J connectivity index is 1.88. The van der Waals surface area contributed by atoms with Crippen LogP contribution in [-0.2, 0) is 13.0 Å². The quantitative estimate of drug-likeness (QED) is 0.771. The molecule has 2 N–H and O–H groups in total. The van der Waals surface area contributed by atoms with Gasteiger partial charge >= 0.3 is 0 Å². The summed E-state index contributed by atoms with van der Waals surface area (Å²) in [6, 6.07) is 2.02. The fraction of sp³-hybridized carbons (Fsp3) is 0.700. The zero-order valence-corrected chi connectivity index (χ0v) is 8.41. The molecule has 2 rings (SSSR count). The summed E-state index contributed by atoms with van der Waals surface area (Å²) < 4.78 is 5.16. The molecule has 1 aliphatic rings. The van der Waals surface area contributed by atoms with Gasteiger partial charge in [0.05, 0.1) is 5.69 Å². The maximum Gasteiger partial charge on any atom is 0.138 e. The predicted octanol–water partition coefficient (Wildman–Crippen LogP) is 0.772. The second-order valence-corrected chi connectivity index (χ2v) is 3.81. The summed E-state index contributed by atoms with van der Waals surface area (Å²) in [6.07, 6.45) is 3.41. The van der Waals surface area contributed by atoms with Crippen LogP contribution >= 0.6 is 0 Å². The van der Waals surface area contributed by atoms with E-state index in [1.165, 1.54) is 25.9 Å². The summed E-state index contributed by atoms with van der Waals surface area (Å²) in [5.41, 5.74) is 6.47. The van der Waals surface area contributed by atoms with Crippen molar-refractivity contribution in [2.45, 2.75) is 25.8 Å². The molecule has 1 aliphatic heterocycles. The SMILES string of the molecule is NCCc1cc(CN2CCCC2)no1. The van der Waals surface area contributed by atoms with Crippen LogP contribution in [-0.4, -0.2) is 29.7 Å². The number of hydrogen-bond acceptors (Lipinski definition) is 4. The third kappa shape index (κ3) is 2.33. The third-order valence-corrected chi connectivity index (χ3v) is 2.58. The van der Waals surface area contributed by atoms with Gasteiger partial charge in [-0.1, -0.05) is 5.16 Å². The molecule has 0 amide bonds. The molecule has 0 aliphatic carbocycles. The van der Waals surface area contributed by atoms with Gasteiger partial charge in [-0.25, -0.2) is 0 Å². The van der Waals surface area contributed by atoms with Gasteiger partial charge in [-0.3, -0.25) is 4.90 Å². The zero-order chi connectivity index (χ0) is 9.80. The van der Waals surface area contributed by atoms with Crippen LogP contribution in [0, 0.1) is 0 Å². The Morgan fingerprint density at radius 1 is 1.43 bits per heavy atom. The molecule has 4 nitrogen and oxygen atoms in total. The number of likely N-dealkylation sites (tertiary alicyclic amines) is 1. The summed E-state index contributed by atoms with van der Waals surface area (Å²) in [5, 5.41) is 4.03. The minimum atomic E-state index is 0.623. The summed E-state index contributed by atoms with van der Waals surface area (Å²) >= 11 is 0. The fourth-order valence-electron chi connectivity index (χ4n) is 1.86. The van der Waals surface area contributed by atoms with Crippen molar-refractivity contribution in [1.82, 2.24) is 10.1 Å². The van der Waals surface area contributed by atoms with Gasteiger partial charge in [0.25, 0.3) is 0 Å². The van der Waals surface area contributed by atoms with Crippen LogP contribution < -0.4 is 5.73 Å². The molecule has 4 heteroatoms. The molecular formula is C10H17N3O. The van der Waals surface area contributed by atoms with Crippen molar-refractivity contribution in [1.29, 1.82) is 0 Å². The first-order chi connectivity index (χ1) is 6.88. The van der Waals surface area contributed by atoms with Gasteiger partial charge in [-0.2, -0.15) is 0 Å². The van der Waals surface area contributed by atoms with Crippen molar-refractivity contribution in [2.75, 3.05) is 19.6 Å². The summed E-state index contributed by atoms with van der Waals surface area (Å²) in [5.74, 6) is 0.904. The molecule has 0 atom stereocenters. The smallest absolute Gasteiger partial charge is 0.138 e. The van der Waals surface area contributed by atoms with E-state index in [0.29, 0.717) is 6.54 Å². The number of nitrogens with two attached hydrogens (primary N) is 1. The molecular weight excluding hydrogens is 178 g/mol. The Morgan fingerprint density at radius 2 is 2.21 bits per heavy atom. The van der Waals surface area contributed by atoms with Gasteiger partial charge in [-0.15, -0.1) is 0 Å². The lowest BCUT2D eigenvalue weighted by atomic mass is 10.3. The van der Waals surface area contributed by atoms with E-state index in [1.807, 2.05) is 6.07 Å². The van der Waals surface area contributed by atoms with E-state index in [4.69, 9.17) is 10.3 Å². The van der Waals surface area contributed by atoms with Gasteiger partial charge < -0.3 is 10.3 Å². The predicted molar refractivity (Wildman–Crippen MR) is 53.8 cm³/mol. The number of nitrogens with zero attached hydrogens (tertiary/aromatic N) is 2. The highest BCUT2D eigenvalue weighted by atomic mass is 16.5. The summed E-state index contributed by atoms with van der Waals surface area (Å²) in [7, 11) is 0. The van der Waals surface area contributed by atoms with Crippen LogP contribution in [0.25, 0.3) is 0 Å². The highest BCUT2D eigenvalue weighted by Gasteiger charge is 2.13. The van der Waals surface area contributed by atoms with E-state index < -0.39 is 0 Å². The first kappa shape index (κ1) is 9.68. The van der Waals surface area contributed by atoms with Crippen molar-refractivity contribution in [3.05, 3.63) is 17.5 Å². The first-order valence-corrected chi connectivity index (χ1v) is 5.25. The minimum absolute atomic E-state index is 0.623. The van der Waals surface area contributed by atoms with E-state index in [-0.39, 0.29) is 0 Å². The van der Waals surface area contributed by atoms with Gasteiger partial charge in [-0.05, 0) is 32.5 Å². The molecule has 0 unspecified atom stereocenters. The molecule has 78 valence electrons. The van der Waals surface area contributed by atoms with E-state index in [1.54, 1.807) is 0 Å². The molecule has 1 fully saturated rings. The Bertz CT molecular complexity index is 279. The molecule has 14 heavy (non-hydrogen) atoms. The minimum Gasteiger partial charge on any atom is -0.361 e. The molecule has 0 aromatic carbocycles. The molecule has 1 aromatic heterocycles. The van der Waals surface area contributed by atoms with E-state index in [2.05, 4.69) is 10.1 Å². The topological polar surface area (TPSA) is 55.3 Å². The van der Waals surface area contributed by atoms with Gasteiger partial charge in [0.15, 0.2) is 0 Å². The van der Waals surface area contributed by atoms with Crippen LogP contribution in [0.3, 0.4) is 0 Å². The van der Waals surface area contributed by atoms with Gasteiger partial charge in [0, 0.05) is 19.0 Å². The van der Waals surface area contributed by atoms with Gasteiger partial charge in [0.1, 0.15) is 5.76 Å². The van der Waals surface area contributed by atoms with Crippen LogP contribution in [0.4, 0.5) is 0 Å². The van der Waals surface area contributed by atoms with Crippen LogP contribution in [0.1, 0.15) is 24.3 Å². The van der Waals surface area contributed by atoms with E-state index in [0.717, 1.165) is 24.4 Å². The van der Waals surface area contributed by atoms with E-state index in [9.17, 15) is 0 Å². The molecule has 1 saturated heterocycles. The highest BCUT2D eigenvalue weighted by Crippen LogP contribution is 2.12. The average molecular weight is 195 g/mol. The maximum absolute atomic E-state index is 5.44. The second kappa shape index (κ2) is 4.57. The Hall–Kier alpha value is -0.870. The van der Waals surface area contributed by atoms with Crippen molar-refractivity contribution in [3.63, 3.8) is 0 Å². The summed E-state index contributed by atoms with van der Waals surface area (Å²) in [6.45, 7) is 3.94. The Kier molecular flexibility index (Phi) is 3.16. The van der Waals surface area contributed by atoms with Crippen molar-refractivity contribution in [3.8, 4) is 0 Å². The number of aromatic nitrogens is 1. The Labute approximate surface area is 84.0 Å². The molecule has 2 heterocycles. The summed E-state index contributed by atoms with van der Waals surface area (Å²) in [4.78, 5) is 2.41. The largest absolute Gasteiger partial charge is 0.361 e. The lowest BCUT2D eigenvalue weighted by molar-refractivity contribution is 0.310. The zero-order valence-electron chi connectivity index (χ0n) is 8.41. The average Bonchev–Trinajstić information content (AvgIpc) is 2.79. The molecule has 0 radical (unpaired) electrons. The fourth-order valence-corrected chi connectivity index (χ4v) is 1.86. The third-order valence-electron chi connectivity index (χ3n) is 2.58. The lowest BCUT2D eigenvalue weighted by Gasteiger charge is -2.10. The van der Waals surface area contributed by atoms with Crippen LogP contribution in [0.5, 0.6) is 0 Å². The van der Waals surface area contributed by atoms with Crippen molar-refractivity contribution < 1.29 is 4.52 Å².